The Kier molecular flexibility index (Phi) is 4.98. The molecular formula is C21H23NO4. The maximum atomic E-state index is 12.9. The van der Waals surface area contributed by atoms with Crippen LogP contribution < -0.4 is 10.1 Å². The number of carbonyl (C=O) groups is 2. The highest BCUT2D eigenvalue weighted by Crippen LogP contribution is 2.31. The van der Waals surface area contributed by atoms with Crippen LogP contribution in [0.1, 0.15) is 41.8 Å². The average molecular weight is 353 g/mol. The van der Waals surface area contributed by atoms with Crippen LogP contribution in [-0.2, 0) is 16.0 Å². The van der Waals surface area contributed by atoms with Gasteiger partial charge in [0.1, 0.15) is 5.75 Å². The van der Waals surface area contributed by atoms with Gasteiger partial charge in [-0.05, 0) is 49.6 Å². The summed E-state index contributed by atoms with van der Waals surface area (Å²) in [6.07, 6.45) is 1.20. The van der Waals surface area contributed by atoms with E-state index in [1.807, 2.05) is 38.1 Å². The second-order valence-corrected chi connectivity index (χ2v) is 6.76. The van der Waals surface area contributed by atoms with Gasteiger partial charge in [-0.25, -0.2) is 4.79 Å². The van der Waals surface area contributed by atoms with Crippen molar-refractivity contribution in [1.29, 1.82) is 0 Å². The fraction of sp³-hybridized carbons (Fsp3) is 0.333. The quantitative estimate of drug-likeness (QED) is 0.828. The summed E-state index contributed by atoms with van der Waals surface area (Å²) in [7, 11) is 0. The molecule has 0 bridgehead atoms. The van der Waals surface area contributed by atoms with Crippen molar-refractivity contribution in [3.63, 3.8) is 0 Å². The van der Waals surface area contributed by atoms with Gasteiger partial charge in [0.2, 0.25) is 0 Å². The summed E-state index contributed by atoms with van der Waals surface area (Å²) in [6.45, 7) is 6.18. The Hall–Kier alpha value is -2.82. The van der Waals surface area contributed by atoms with Crippen LogP contribution in [0, 0.1) is 6.92 Å². The number of aryl methyl sites for hydroxylation is 1. The fourth-order valence-corrected chi connectivity index (χ4v) is 2.98. The maximum absolute atomic E-state index is 12.9. The minimum Gasteiger partial charge on any atom is -0.491 e. The highest BCUT2D eigenvalue weighted by atomic mass is 16.6. The van der Waals surface area contributed by atoms with Crippen LogP contribution in [0.2, 0.25) is 0 Å². The van der Waals surface area contributed by atoms with Crippen LogP contribution in [0.3, 0.4) is 0 Å². The van der Waals surface area contributed by atoms with E-state index in [0.717, 1.165) is 17.5 Å². The Balaban J connectivity index is 1.83. The van der Waals surface area contributed by atoms with E-state index in [9.17, 15) is 9.59 Å². The Bertz CT molecular complexity index is 846. The number of anilines is 1. The number of esters is 1. The highest BCUT2D eigenvalue weighted by molar-refractivity contribution is 6.03. The van der Waals surface area contributed by atoms with E-state index in [1.165, 1.54) is 0 Å². The third-order valence-electron chi connectivity index (χ3n) is 4.41. The molecule has 0 fully saturated rings. The van der Waals surface area contributed by atoms with Crippen molar-refractivity contribution in [3.05, 3.63) is 59.2 Å². The van der Waals surface area contributed by atoms with Gasteiger partial charge in [-0.1, -0.05) is 31.2 Å². The smallest absolute Gasteiger partial charge is 0.339 e. The standard InChI is InChI=1S/C21H23NO4/c1-4-11-25-18-12-14(2)9-10-17(18)22-20(24)21(3)13-15-7-5-6-8-16(15)19(23)26-21/h5-10,12H,4,11,13H2,1-3H3,(H,22,24). The van der Waals surface area contributed by atoms with E-state index in [2.05, 4.69) is 5.32 Å². The van der Waals surface area contributed by atoms with E-state index in [4.69, 9.17) is 9.47 Å². The molecule has 0 spiro atoms. The molecule has 1 heterocycles. The van der Waals surface area contributed by atoms with Gasteiger partial charge in [-0.2, -0.15) is 0 Å². The number of hydrogen-bond acceptors (Lipinski definition) is 4. The van der Waals surface area contributed by atoms with E-state index < -0.39 is 11.6 Å². The number of amides is 1. The summed E-state index contributed by atoms with van der Waals surface area (Å²) in [5, 5.41) is 2.87. The summed E-state index contributed by atoms with van der Waals surface area (Å²) in [4.78, 5) is 25.2. The predicted molar refractivity (Wildman–Crippen MR) is 99.6 cm³/mol. The first-order valence-electron chi connectivity index (χ1n) is 8.79. The number of rotatable bonds is 5. The highest BCUT2D eigenvalue weighted by Gasteiger charge is 2.42. The maximum Gasteiger partial charge on any atom is 0.339 e. The second-order valence-electron chi connectivity index (χ2n) is 6.76. The fourth-order valence-electron chi connectivity index (χ4n) is 2.98. The SMILES string of the molecule is CCCOc1cc(C)ccc1NC(=O)C1(C)Cc2ccccc2C(=O)O1. The molecule has 2 aromatic carbocycles. The zero-order valence-corrected chi connectivity index (χ0v) is 15.3. The Labute approximate surface area is 153 Å². The molecule has 1 aliphatic rings. The third kappa shape index (κ3) is 3.57. The van der Waals surface area contributed by atoms with Gasteiger partial charge in [0.05, 0.1) is 17.9 Å². The number of fused-ring (bicyclic) bond motifs is 1. The van der Waals surface area contributed by atoms with Crippen molar-refractivity contribution in [2.75, 3.05) is 11.9 Å². The lowest BCUT2D eigenvalue weighted by Gasteiger charge is -2.33. The topological polar surface area (TPSA) is 64.6 Å². The van der Waals surface area contributed by atoms with E-state index in [0.29, 0.717) is 30.0 Å². The van der Waals surface area contributed by atoms with Crippen LogP contribution >= 0.6 is 0 Å². The number of cyclic esters (lactones) is 1. The van der Waals surface area contributed by atoms with Crippen LogP contribution in [0.15, 0.2) is 42.5 Å². The molecule has 1 unspecified atom stereocenters. The van der Waals surface area contributed by atoms with Gasteiger partial charge in [0, 0.05) is 6.42 Å². The summed E-state index contributed by atoms with van der Waals surface area (Å²) >= 11 is 0. The zero-order chi connectivity index (χ0) is 18.7. The molecule has 1 N–H and O–H groups in total. The molecule has 0 aliphatic carbocycles. The summed E-state index contributed by atoms with van der Waals surface area (Å²) in [5.41, 5.74) is 1.68. The van der Waals surface area contributed by atoms with Gasteiger partial charge >= 0.3 is 5.97 Å². The van der Waals surface area contributed by atoms with Gasteiger partial charge in [-0.3, -0.25) is 4.79 Å². The zero-order valence-electron chi connectivity index (χ0n) is 15.3. The molecule has 0 radical (unpaired) electrons. The van der Waals surface area contributed by atoms with Crippen molar-refractivity contribution in [1.82, 2.24) is 0 Å². The monoisotopic (exact) mass is 353 g/mol. The van der Waals surface area contributed by atoms with Crippen molar-refractivity contribution >= 4 is 17.6 Å². The Morgan fingerprint density at radius 3 is 2.81 bits per heavy atom. The molecular weight excluding hydrogens is 330 g/mol. The van der Waals surface area contributed by atoms with Gasteiger partial charge in [0.15, 0.2) is 5.60 Å². The molecule has 5 heteroatoms. The molecule has 1 aliphatic heterocycles. The number of nitrogens with one attached hydrogen (secondary N) is 1. The summed E-state index contributed by atoms with van der Waals surface area (Å²) in [6, 6.07) is 12.8. The van der Waals surface area contributed by atoms with Crippen LogP contribution in [0.25, 0.3) is 0 Å². The van der Waals surface area contributed by atoms with E-state index >= 15 is 0 Å². The van der Waals surface area contributed by atoms with Gasteiger partial charge in [-0.15, -0.1) is 0 Å². The predicted octanol–water partition coefficient (Wildman–Crippen LogP) is 3.89. The minimum atomic E-state index is -1.27. The van der Waals surface area contributed by atoms with Gasteiger partial charge < -0.3 is 14.8 Å². The normalized spacial score (nSPS) is 18.7. The number of ether oxygens (including phenoxy) is 2. The summed E-state index contributed by atoms with van der Waals surface area (Å²) < 4.78 is 11.2. The molecule has 1 atom stereocenters. The summed E-state index contributed by atoms with van der Waals surface area (Å²) in [5.74, 6) is -0.229. The Morgan fingerprint density at radius 1 is 1.27 bits per heavy atom. The first-order valence-corrected chi connectivity index (χ1v) is 8.79. The van der Waals surface area contributed by atoms with Crippen molar-refractivity contribution < 1.29 is 19.1 Å². The lowest BCUT2D eigenvalue weighted by molar-refractivity contribution is -0.134. The molecule has 26 heavy (non-hydrogen) atoms. The molecule has 0 saturated carbocycles. The van der Waals surface area contributed by atoms with Crippen LogP contribution in [0.5, 0.6) is 5.75 Å². The van der Waals surface area contributed by atoms with Crippen LogP contribution in [0.4, 0.5) is 5.69 Å². The molecule has 1 amide bonds. The number of hydrogen-bond donors (Lipinski definition) is 1. The van der Waals surface area contributed by atoms with Crippen molar-refractivity contribution in [2.45, 2.75) is 39.2 Å². The number of carbonyl (C=O) groups excluding carboxylic acids is 2. The molecule has 0 aromatic heterocycles. The first kappa shape index (κ1) is 18.0. The number of benzene rings is 2. The second kappa shape index (κ2) is 7.20. The first-order chi connectivity index (χ1) is 12.4. The van der Waals surface area contributed by atoms with Gasteiger partial charge in [0.25, 0.3) is 5.91 Å². The van der Waals surface area contributed by atoms with Crippen molar-refractivity contribution in [3.8, 4) is 5.75 Å². The largest absolute Gasteiger partial charge is 0.491 e. The van der Waals surface area contributed by atoms with E-state index in [1.54, 1.807) is 25.1 Å². The molecule has 3 rings (SSSR count). The molecule has 0 saturated heterocycles. The van der Waals surface area contributed by atoms with Crippen molar-refractivity contribution in [2.24, 2.45) is 0 Å². The molecule has 2 aromatic rings. The third-order valence-corrected chi connectivity index (χ3v) is 4.41. The lowest BCUT2D eigenvalue weighted by Crippen LogP contribution is -2.48. The lowest BCUT2D eigenvalue weighted by atomic mass is 9.89. The molecule has 5 nitrogen and oxygen atoms in total. The molecule has 136 valence electrons. The van der Waals surface area contributed by atoms with E-state index in [-0.39, 0.29) is 5.91 Å². The minimum absolute atomic E-state index is 0.331. The average Bonchev–Trinajstić information content (AvgIpc) is 2.61. The Morgan fingerprint density at radius 2 is 2.04 bits per heavy atom. The van der Waals surface area contributed by atoms with Crippen LogP contribution in [-0.4, -0.2) is 24.1 Å².